The number of allylic oxidation sites excluding steroid dienone is 1. The summed E-state index contributed by atoms with van der Waals surface area (Å²) in [6.07, 6.45) is 4.27. The Morgan fingerprint density at radius 1 is 1.23 bits per heavy atom. The zero-order valence-electron chi connectivity index (χ0n) is 12.6. The van der Waals surface area contributed by atoms with Crippen LogP contribution in [0.15, 0.2) is 53.6 Å². The Bertz CT molecular complexity index is 743. The molecule has 0 radical (unpaired) electrons. The first-order valence-corrected chi connectivity index (χ1v) is 6.97. The Labute approximate surface area is 129 Å². The highest BCUT2D eigenvalue weighted by atomic mass is 16.5. The molecule has 0 aliphatic carbocycles. The Morgan fingerprint density at radius 3 is 2.45 bits per heavy atom. The average Bonchev–Trinajstić information content (AvgIpc) is 2.50. The minimum atomic E-state index is -0.150. The second-order valence-electron chi connectivity index (χ2n) is 5.05. The number of hydrogen-bond donors (Lipinski definition) is 2. The van der Waals surface area contributed by atoms with Crippen molar-refractivity contribution < 1.29 is 4.74 Å². The van der Waals surface area contributed by atoms with Gasteiger partial charge in [-0.2, -0.15) is 0 Å². The van der Waals surface area contributed by atoms with Crippen molar-refractivity contribution in [2.24, 2.45) is 5.73 Å². The number of pyridine rings is 1. The molecule has 1 heterocycles. The Hall–Kier alpha value is -2.82. The number of nitrogens with zero attached hydrogens (tertiary/aromatic N) is 1. The highest BCUT2D eigenvalue weighted by Gasteiger charge is 2.05. The van der Waals surface area contributed by atoms with Crippen LogP contribution < -0.4 is 16.0 Å². The monoisotopic (exact) mass is 297 g/mol. The maximum absolute atomic E-state index is 12.1. The summed E-state index contributed by atoms with van der Waals surface area (Å²) >= 11 is 0. The highest BCUT2D eigenvalue weighted by molar-refractivity contribution is 6.07. The molecule has 0 saturated carbocycles. The number of ether oxygens (including phenoxy) is 1. The highest BCUT2D eigenvalue weighted by Crippen LogP contribution is 2.17. The van der Waals surface area contributed by atoms with E-state index in [2.05, 4.69) is 0 Å². The standard InChI is InChI=1S/C17H19N3O2/c1-12(2)22-16-6-4-15(5-7-16)20-11-13(3-8-17(20)21)14(9-18)10-19/h3-12,18H,19H2,1-2H3/b14-10+,18-9?. The van der Waals surface area contributed by atoms with Crippen LogP contribution in [0, 0.1) is 5.41 Å². The fraction of sp³-hybridized carbons (Fsp3) is 0.176. The summed E-state index contributed by atoms with van der Waals surface area (Å²) in [5.41, 5.74) is 7.32. The van der Waals surface area contributed by atoms with Gasteiger partial charge in [-0.15, -0.1) is 0 Å². The second kappa shape index (κ2) is 6.76. The minimum Gasteiger partial charge on any atom is -0.491 e. The van der Waals surface area contributed by atoms with Crippen LogP contribution in [-0.4, -0.2) is 16.9 Å². The predicted octanol–water partition coefficient (Wildman–Crippen LogP) is 2.57. The van der Waals surface area contributed by atoms with Crippen molar-refractivity contribution in [2.75, 3.05) is 0 Å². The zero-order chi connectivity index (χ0) is 16.1. The lowest BCUT2D eigenvalue weighted by Crippen LogP contribution is -2.17. The van der Waals surface area contributed by atoms with Crippen molar-refractivity contribution in [3.05, 3.63) is 64.7 Å². The van der Waals surface area contributed by atoms with Crippen LogP contribution in [-0.2, 0) is 0 Å². The Kier molecular flexibility index (Phi) is 4.78. The maximum atomic E-state index is 12.1. The van der Waals surface area contributed by atoms with Gasteiger partial charge in [-0.05, 0) is 44.2 Å². The van der Waals surface area contributed by atoms with E-state index in [1.165, 1.54) is 16.8 Å². The number of benzene rings is 1. The van der Waals surface area contributed by atoms with E-state index in [4.69, 9.17) is 15.9 Å². The van der Waals surface area contributed by atoms with Gasteiger partial charge in [-0.3, -0.25) is 9.36 Å². The molecule has 5 nitrogen and oxygen atoms in total. The lowest BCUT2D eigenvalue weighted by atomic mass is 10.1. The van der Waals surface area contributed by atoms with E-state index in [1.54, 1.807) is 12.3 Å². The van der Waals surface area contributed by atoms with Crippen LogP contribution in [0.1, 0.15) is 19.4 Å². The molecule has 114 valence electrons. The molecule has 2 rings (SSSR count). The first kappa shape index (κ1) is 15.6. The van der Waals surface area contributed by atoms with E-state index in [1.807, 2.05) is 38.1 Å². The largest absolute Gasteiger partial charge is 0.491 e. The van der Waals surface area contributed by atoms with Gasteiger partial charge in [0.05, 0.1) is 6.10 Å². The molecular weight excluding hydrogens is 278 g/mol. The summed E-state index contributed by atoms with van der Waals surface area (Å²) in [4.78, 5) is 12.1. The third-order valence-corrected chi connectivity index (χ3v) is 3.07. The average molecular weight is 297 g/mol. The van der Waals surface area contributed by atoms with E-state index in [0.717, 1.165) is 17.7 Å². The van der Waals surface area contributed by atoms with Crippen LogP contribution in [0.3, 0.4) is 0 Å². The van der Waals surface area contributed by atoms with Crippen molar-refractivity contribution in [1.82, 2.24) is 4.57 Å². The van der Waals surface area contributed by atoms with E-state index in [9.17, 15) is 4.79 Å². The maximum Gasteiger partial charge on any atom is 0.255 e. The van der Waals surface area contributed by atoms with Gasteiger partial charge in [0.25, 0.3) is 5.56 Å². The summed E-state index contributed by atoms with van der Waals surface area (Å²) in [6.45, 7) is 3.92. The number of aromatic nitrogens is 1. The van der Waals surface area contributed by atoms with Gasteiger partial charge >= 0.3 is 0 Å². The molecule has 0 fully saturated rings. The number of hydrogen-bond acceptors (Lipinski definition) is 4. The second-order valence-corrected chi connectivity index (χ2v) is 5.05. The van der Waals surface area contributed by atoms with Gasteiger partial charge in [-0.25, -0.2) is 0 Å². The fourth-order valence-electron chi connectivity index (χ4n) is 2.04. The molecule has 0 spiro atoms. The number of nitrogens with one attached hydrogen (secondary N) is 1. The molecule has 0 aliphatic heterocycles. The Morgan fingerprint density at radius 2 is 1.91 bits per heavy atom. The minimum absolute atomic E-state index is 0.0988. The van der Waals surface area contributed by atoms with Gasteiger partial charge in [0.2, 0.25) is 0 Å². The third-order valence-electron chi connectivity index (χ3n) is 3.07. The molecule has 22 heavy (non-hydrogen) atoms. The molecule has 0 atom stereocenters. The van der Waals surface area contributed by atoms with Crippen LogP contribution >= 0.6 is 0 Å². The smallest absolute Gasteiger partial charge is 0.255 e. The van der Waals surface area contributed by atoms with Gasteiger partial charge < -0.3 is 15.9 Å². The van der Waals surface area contributed by atoms with Crippen LogP contribution in [0.2, 0.25) is 0 Å². The molecule has 3 N–H and O–H groups in total. The van der Waals surface area contributed by atoms with Gasteiger partial charge in [0.15, 0.2) is 0 Å². The molecular formula is C17H19N3O2. The van der Waals surface area contributed by atoms with Crippen LogP contribution in [0.5, 0.6) is 5.75 Å². The summed E-state index contributed by atoms with van der Waals surface area (Å²) < 4.78 is 7.10. The molecule has 2 aromatic rings. The van der Waals surface area contributed by atoms with Gasteiger partial charge in [-0.1, -0.05) is 0 Å². The van der Waals surface area contributed by atoms with E-state index >= 15 is 0 Å². The zero-order valence-corrected chi connectivity index (χ0v) is 12.6. The summed E-state index contributed by atoms with van der Waals surface area (Å²) in [5, 5.41) is 7.34. The van der Waals surface area contributed by atoms with E-state index in [0.29, 0.717) is 11.1 Å². The van der Waals surface area contributed by atoms with E-state index in [-0.39, 0.29) is 11.7 Å². The summed E-state index contributed by atoms with van der Waals surface area (Å²) in [7, 11) is 0. The summed E-state index contributed by atoms with van der Waals surface area (Å²) in [5.74, 6) is 0.755. The number of nitrogens with two attached hydrogens (primary N) is 1. The third kappa shape index (κ3) is 3.44. The molecule has 0 aliphatic rings. The molecule has 5 heteroatoms. The lowest BCUT2D eigenvalue weighted by molar-refractivity contribution is 0.242. The van der Waals surface area contributed by atoms with E-state index < -0.39 is 0 Å². The lowest BCUT2D eigenvalue weighted by Gasteiger charge is -2.12. The van der Waals surface area contributed by atoms with Crippen LogP contribution in [0.25, 0.3) is 11.3 Å². The predicted molar refractivity (Wildman–Crippen MR) is 88.8 cm³/mol. The SMILES string of the molecule is CC(C)Oc1ccc(-n2cc(/C(C=N)=C/N)ccc2=O)cc1. The topological polar surface area (TPSA) is 81.1 Å². The van der Waals surface area contributed by atoms with Crippen molar-refractivity contribution in [3.8, 4) is 11.4 Å². The molecule has 0 amide bonds. The molecule has 0 bridgehead atoms. The van der Waals surface area contributed by atoms with Crippen LogP contribution in [0.4, 0.5) is 0 Å². The van der Waals surface area contributed by atoms with Crippen molar-refractivity contribution in [2.45, 2.75) is 20.0 Å². The quantitative estimate of drug-likeness (QED) is 0.832. The fourth-order valence-corrected chi connectivity index (χ4v) is 2.04. The van der Waals surface area contributed by atoms with Crippen molar-refractivity contribution in [3.63, 3.8) is 0 Å². The normalized spacial score (nSPS) is 11.5. The first-order chi connectivity index (χ1) is 10.5. The molecule has 1 aromatic carbocycles. The first-order valence-electron chi connectivity index (χ1n) is 6.97. The van der Waals surface area contributed by atoms with Gasteiger partial charge in [0.1, 0.15) is 5.75 Å². The van der Waals surface area contributed by atoms with Crippen molar-refractivity contribution >= 4 is 11.8 Å². The Balaban J connectivity index is 2.41. The molecule has 1 aromatic heterocycles. The molecule has 0 unspecified atom stereocenters. The van der Waals surface area contributed by atoms with Gasteiger partial charge in [0, 0.05) is 41.5 Å². The number of rotatable bonds is 5. The molecule has 0 saturated heterocycles. The van der Waals surface area contributed by atoms with Crippen molar-refractivity contribution in [1.29, 1.82) is 5.41 Å². The summed E-state index contributed by atoms with van der Waals surface area (Å²) in [6, 6.07) is 10.4.